The lowest BCUT2D eigenvalue weighted by atomic mass is 10.0. The summed E-state index contributed by atoms with van der Waals surface area (Å²) < 4.78 is 47.6. The van der Waals surface area contributed by atoms with Gasteiger partial charge in [-0.2, -0.15) is 11.8 Å². The highest BCUT2D eigenvalue weighted by molar-refractivity contribution is 8.00. The molecule has 234 valence electrons. The number of methoxy groups -OCH3 is 1. The average Bonchev–Trinajstić information content (AvgIpc) is 3.47. The van der Waals surface area contributed by atoms with Crippen LogP contribution in [0.5, 0.6) is 0 Å². The van der Waals surface area contributed by atoms with E-state index in [2.05, 4.69) is 15.2 Å². The van der Waals surface area contributed by atoms with Crippen molar-refractivity contribution in [2.24, 2.45) is 0 Å². The number of amides is 2. The predicted octanol–water partition coefficient (Wildman–Crippen LogP) is 2.30. The molecule has 0 aliphatic carbocycles. The van der Waals surface area contributed by atoms with Gasteiger partial charge in [0, 0.05) is 44.7 Å². The van der Waals surface area contributed by atoms with Crippen LogP contribution in [0.1, 0.15) is 44.9 Å². The molecule has 3 N–H and O–H groups in total. The van der Waals surface area contributed by atoms with E-state index >= 15 is 0 Å². The number of hydrogen-bond acceptors (Lipinski definition) is 11. The first kappa shape index (κ1) is 35.4. The monoisotopic (exact) mass is 614 g/mol. The Hall–Kier alpha value is -0.800. The first-order chi connectivity index (χ1) is 19.3. The van der Waals surface area contributed by atoms with Crippen molar-refractivity contribution in [2.45, 2.75) is 68.4 Å². The van der Waals surface area contributed by atoms with Gasteiger partial charge in [-0.25, -0.2) is 9.36 Å². The maximum absolute atomic E-state index is 12.1. The van der Waals surface area contributed by atoms with Crippen molar-refractivity contribution in [3.05, 3.63) is 0 Å². The quantitative estimate of drug-likeness (QED) is 0.0742. The number of phosphoric ester groups is 1. The van der Waals surface area contributed by atoms with Crippen LogP contribution in [0.3, 0.4) is 0 Å². The number of urea groups is 1. The van der Waals surface area contributed by atoms with Gasteiger partial charge in [-0.3, -0.25) is 13.8 Å². The lowest BCUT2D eigenvalue weighted by Crippen LogP contribution is -2.36. The number of unbranched alkanes of at least 4 members (excludes halogenated alkanes) is 2. The van der Waals surface area contributed by atoms with Gasteiger partial charge in [0.05, 0.1) is 64.9 Å². The maximum Gasteiger partial charge on any atom is 0.472 e. The third kappa shape index (κ3) is 15.4. The smallest absolute Gasteiger partial charge is 0.382 e. The van der Waals surface area contributed by atoms with Crippen LogP contribution in [0, 0.1) is 0 Å². The summed E-state index contributed by atoms with van der Waals surface area (Å²) in [6.45, 7) is 3.19. The van der Waals surface area contributed by atoms with E-state index < -0.39 is 13.9 Å². The molecular weight excluding hydrogens is 567 g/mol. The van der Waals surface area contributed by atoms with E-state index in [1.54, 1.807) is 0 Å². The number of hydrogen-bond donors (Lipinski definition) is 3. The Kier molecular flexibility index (Phi) is 18.6. The van der Waals surface area contributed by atoms with Gasteiger partial charge in [0.2, 0.25) is 0 Å². The van der Waals surface area contributed by atoms with Gasteiger partial charge in [-0.15, -0.1) is 0 Å². The van der Waals surface area contributed by atoms with E-state index in [1.165, 1.54) is 7.11 Å². The van der Waals surface area contributed by atoms with Crippen molar-refractivity contribution in [3.63, 3.8) is 0 Å². The van der Waals surface area contributed by atoms with Gasteiger partial charge in [0.25, 0.3) is 0 Å². The highest BCUT2D eigenvalue weighted by Crippen LogP contribution is 2.43. The Balaban J connectivity index is 1.29. The Morgan fingerprint density at radius 2 is 1.55 bits per heavy atom. The van der Waals surface area contributed by atoms with Gasteiger partial charge < -0.3 is 39.2 Å². The second-order valence-electron chi connectivity index (χ2n) is 9.61. The van der Waals surface area contributed by atoms with Crippen molar-refractivity contribution < 1.29 is 51.8 Å². The third-order valence-corrected chi connectivity index (χ3v) is 8.95. The van der Waals surface area contributed by atoms with Crippen molar-refractivity contribution in [3.8, 4) is 0 Å². The predicted molar refractivity (Wildman–Crippen MR) is 150 cm³/mol. The lowest BCUT2D eigenvalue weighted by molar-refractivity contribution is -0.119. The molecule has 2 heterocycles. The molecule has 0 radical (unpaired) electrons. The fourth-order valence-corrected chi connectivity index (χ4v) is 6.49. The molecule has 2 fully saturated rings. The molecule has 5 atom stereocenters. The molecule has 0 aromatic heterocycles. The number of Topliss-reactive ketones (excluding diaryl/α,β-unsaturated/α-hetero) is 1. The number of thioether (sulfide) groups is 1. The van der Waals surface area contributed by atoms with Gasteiger partial charge >= 0.3 is 13.9 Å². The number of ketones is 1. The molecule has 5 unspecified atom stereocenters. The highest BCUT2D eigenvalue weighted by atomic mass is 32.2. The molecule has 0 bridgehead atoms. The number of fused-ring (bicyclic) bond motifs is 1. The van der Waals surface area contributed by atoms with Gasteiger partial charge in [0.15, 0.2) is 0 Å². The van der Waals surface area contributed by atoms with Crippen molar-refractivity contribution in [1.29, 1.82) is 0 Å². The Labute approximate surface area is 241 Å². The molecule has 13 nitrogen and oxygen atoms in total. The van der Waals surface area contributed by atoms with Crippen LogP contribution in [0.15, 0.2) is 0 Å². The van der Waals surface area contributed by atoms with Crippen LogP contribution >= 0.6 is 19.6 Å². The zero-order valence-corrected chi connectivity index (χ0v) is 25.4. The van der Waals surface area contributed by atoms with Crippen LogP contribution < -0.4 is 10.6 Å². The molecule has 0 saturated carbocycles. The largest absolute Gasteiger partial charge is 0.472 e. The van der Waals surface area contributed by atoms with Crippen molar-refractivity contribution in [1.82, 2.24) is 10.6 Å². The van der Waals surface area contributed by atoms with E-state index in [0.29, 0.717) is 63.5 Å². The van der Waals surface area contributed by atoms with E-state index in [-0.39, 0.29) is 37.9 Å². The Bertz CT molecular complexity index is 766. The third-order valence-electron chi connectivity index (χ3n) is 6.41. The summed E-state index contributed by atoms with van der Waals surface area (Å²) in [7, 11) is -1.56. The van der Waals surface area contributed by atoms with E-state index in [4.69, 9.17) is 28.2 Å². The standard InChI is InChI=1S/C25H47N2O11PS/c1-32-17-21(38-39(30,31)33-2)18-37-16-15-36-14-13-35-12-11-34-10-6-5-8-20(28)7-3-4-9-23-24-22(19-40-23)26-25(29)27-24/h21-24H,3-19H2,1-2H3,(H,30,31)(H2,26,27,29). The minimum atomic E-state index is -4.11. The minimum Gasteiger partial charge on any atom is -0.382 e. The van der Waals surface area contributed by atoms with Crippen LogP contribution in [0.25, 0.3) is 0 Å². The van der Waals surface area contributed by atoms with E-state index in [0.717, 1.165) is 45.0 Å². The van der Waals surface area contributed by atoms with Crippen LogP contribution in [-0.2, 0) is 42.1 Å². The molecule has 15 heteroatoms. The van der Waals surface area contributed by atoms with Crippen LogP contribution in [-0.4, -0.2) is 120 Å². The topological polar surface area (TPSA) is 160 Å². The van der Waals surface area contributed by atoms with Gasteiger partial charge in [0.1, 0.15) is 11.9 Å². The number of carbonyl (C=O) groups excluding carboxylic acids is 2. The Morgan fingerprint density at radius 3 is 2.20 bits per heavy atom. The Morgan fingerprint density at radius 1 is 0.925 bits per heavy atom. The number of rotatable bonds is 26. The molecule has 0 aromatic rings. The van der Waals surface area contributed by atoms with Crippen molar-refractivity contribution >= 4 is 31.4 Å². The van der Waals surface area contributed by atoms with Crippen molar-refractivity contribution in [2.75, 3.05) is 79.4 Å². The summed E-state index contributed by atoms with van der Waals surface area (Å²) in [5, 5.41) is 6.42. The summed E-state index contributed by atoms with van der Waals surface area (Å²) in [5.74, 6) is 1.28. The minimum absolute atomic E-state index is 0.0546. The molecule has 2 amide bonds. The fraction of sp³-hybridized carbons (Fsp3) is 0.920. The van der Waals surface area contributed by atoms with Crippen LogP contribution in [0.4, 0.5) is 4.79 Å². The maximum atomic E-state index is 12.1. The highest BCUT2D eigenvalue weighted by Gasteiger charge is 2.42. The number of nitrogens with one attached hydrogen (secondary N) is 2. The number of carbonyl (C=O) groups is 2. The first-order valence-corrected chi connectivity index (χ1v) is 16.5. The molecule has 0 aromatic carbocycles. The second-order valence-corrected chi connectivity index (χ2v) is 12.4. The first-order valence-electron chi connectivity index (χ1n) is 13.9. The van der Waals surface area contributed by atoms with Crippen LogP contribution in [0.2, 0.25) is 0 Å². The van der Waals surface area contributed by atoms with E-state index in [9.17, 15) is 19.0 Å². The molecule has 2 aliphatic rings. The van der Waals surface area contributed by atoms with E-state index in [1.807, 2.05) is 11.8 Å². The number of phosphoric acid groups is 1. The second kappa shape index (κ2) is 21.0. The van der Waals surface area contributed by atoms with Gasteiger partial charge in [-0.1, -0.05) is 6.42 Å². The molecule has 2 aliphatic heterocycles. The molecular formula is C25H47N2O11PS. The molecule has 2 saturated heterocycles. The number of ether oxygens (including phenoxy) is 5. The van der Waals surface area contributed by atoms with Gasteiger partial charge in [-0.05, 0) is 25.7 Å². The zero-order valence-electron chi connectivity index (χ0n) is 23.7. The summed E-state index contributed by atoms with van der Waals surface area (Å²) in [6, 6.07) is 0.438. The molecule has 40 heavy (non-hydrogen) atoms. The summed E-state index contributed by atoms with van der Waals surface area (Å²) in [5.41, 5.74) is 0. The summed E-state index contributed by atoms with van der Waals surface area (Å²) >= 11 is 1.91. The summed E-state index contributed by atoms with van der Waals surface area (Å²) in [4.78, 5) is 32.9. The SMILES string of the molecule is COCC(COCCOCCOCCOCCCCC(=O)CCCCC1SCC2NC(=O)NC21)OP(=O)(O)OC. The molecule has 2 rings (SSSR count). The summed E-state index contributed by atoms with van der Waals surface area (Å²) in [6.07, 6.45) is 5.14. The molecule has 0 spiro atoms. The lowest BCUT2D eigenvalue weighted by Gasteiger charge is -2.19. The average molecular weight is 615 g/mol. The zero-order chi connectivity index (χ0) is 29.1. The normalized spacial score (nSPS) is 22.5. The fourth-order valence-electron chi connectivity index (χ4n) is 4.36.